The first-order valence-electron chi connectivity index (χ1n) is 8.02. The zero-order valence-corrected chi connectivity index (χ0v) is 14.7. The van der Waals surface area contributed by atoms with Crippen molar-refractivity contribution in [3.63, 3.8) is 0 Å². The highest BCUT2D eigenvalue weighted by Crippen LogP contribution is 2.23. The van der Waals surface area contributed by atoms with E-state index in [1.54, 1.807) is 24.3 Å². The number of nitrogens with zero attached hydrogens (tertiary/aromatic N) is 1. The van der Waals surface area contributed by atoms with Gasteiger partial charge in [0.25, 0.3) is 11.6 Å². The number of nitrogens with one attached hydrogen (secondary N) is 1. The summed E-state index contributed by atoms with van der Waals surface area (Å²) in [5.41, 5.74) is 0.316. The van der Waals surface area contributed by atoms with Gasteiger partial charge in [0.2, 0.25) is 0 Å². The minimum absolute atomic E-state index is 0.0474. The molecule has 150 valence electrons. The van der Waals surface area contributed by atoms with Crippen molar-refractivity contribution in [1.29, 1.82) is 0 Å². The fourth-order valence-corrected chi connectivity index (χ4v) is 2.31. The number of nitro groups is 1. The maximum absolute atomic E-state index is 13.8. The normalized spacial score (nSPS) is 11.3. The number of carbonyl (C=O) groups is 1. The third kappa shape index (κ3) is 6.02. The summed E-state index contributed by atoms with van der Waals surface area (Å²) in [7, 11) is 0. The van der Waals surface area contributed by atoms with Gasteiger partial charge < -0.3 is 10.1 Å². The average molecular weight is 400 g/mol. The molecule has 1 amide bonds. The summed E-state index contributed by atoms with van der Waals surface area (Å²) < 4.78 is 54.4. The van der Waals surface area contributed by atoms with Crippen molar-refractivity contribution in [2.24, 2.45) is 0 Å². The first kappa shape index (κ1) is 21.3. The molecule has 2 rings (SSSR count). The smallest absolute Gasteiger partial charge is 0.367 e. The molecule has 10 heteroatoms. The van der Waals surface area contributed by atoms with Gasteiger partial charge in [0.05, 0.1) is 17.1 Å². The molecule has 2 aromatic rings. The summed E-state index contributed by atoms with van der Waals surface area (Å²) in [4.78, 5) is 22.3. The van der Waals surface area contributed by atoms with Crippen LogP contribution in [0.2, 0.25) is 0 Å². The quantitative estimate of drug-likeness (QED) is 0.432. The lowest BCUT2D eigenvalue weighted by molar-refractivity contribution is -0.385. The first-order valence-corrected chi connectivity index (χ1v) is 8.02. The van der Waals surface area contributed by atoms with E-state index >= 15 is 0 Å². The van der Waals surface area contributed by atoms with Crippen LogP contribution in [0, 0.1) is 22.9 Å². The Hall–Kier alpha value is -3.01. The van der Waals surface area contributed by atoms with Crippen molar-refractivity contribution in [1.82, 2.24) is 5.32 Å². The van der Waals surface area contributed by atoms with Crippen molar-refractivity contribution in [2.45, 2.75) is 26.3 Å². The number of ether oxygens (including phenoxy) is 1. The summed E-state index contributed by atoms with van der Waals surface area (Å²) in [6.45, 7) is -0.260. The van der Waals surface area contributed by atoms with Gasteiger partial charge in [-0.1, -0.05) is 24.3 Å². The molecule has 0 aliphatic carbocycles. The minimum Gasteiger partial charge on any atom is -0.367 e. The molecule has 0 heterocycles. The molecule has 0 saturated heterocycles. The van der Waals surface area contributed by atoms with E-state index in [0.717, 1.165) is 12.1 Å². The summed E-state index contributed by atoms with van der Waals surface area (Å²) in [5.74, 6) is -1.55. The van der Waals surface area contributed by atoms with Crippen LogP contribution in [0.4, 0.5) is 23.2 Å². The zero-order valence-electron chi connectivity index (χ0n) is 14.7. The Kier molecular flexibility index (Phi) is 6.68. The second-order valence-electron chi connectivity index (χ2n) is 5.97. The van der Waals surface area contributed by atoms with Gasteiger partial charge in [-0.15, -0.1) is 0 Å². The van der Waals surface area contributed by atoms with Crippen molar-refractivity contribution < 1.29 is 32.0 Å². The molecule has 0 radical (unpaired) electrons. The maximum atomic E-state index is 13.8. The van der Waals surface area contributed by atoms with E-state index in [9.17, 15) is 32.5 Å². The molecule has 0 aromatic heterocycles. The molecule has 0 spiro atoms. The Balaban J connectivity index is 1.95. The van der Waals surface area contributed by atoms with E-state index in [4.69, 9.17) is 0 Å². The number of halogens is 4. The Morgan fingerprint density at radius 3 is 2.36 bits per heavy atom. The predicted molar refractivity (Wildman–Crippen MR) is 91.1 cm³/mol. The number of carbonyl (C=O) groups excluding carboxylic acids is 1. The Labute approximate surface area is 157 Å². The van der Waals surface area contributed by atoms with Crippen LogP contribution in [-0.4, -0.2) is 23.6 Å². The van der Waals surface area contributed by atoms with Gasteiger partial charge in [-0.2, -0.15) is 13.2 Å². The van der Waals surface area contributed by atoms with Crippen molar-refractivity contribution in [2.75, 3.05) is 6.61 Å². The van der Waals surface area contributed by atoms with E-state index < -0.39 is 35.1 Å². The van der Waals surface area contributed by atoms with Gasteiger partial charge in [-0.25, -0.2) is 4.39 Å². The fourth-order valence-electron chi connectivity index (χ4n) is 2.31. The molecule has 0 atom stereocenters. The summed E-state index contributed by atoms with van der Waals surface area (Å²) in [6, 6.07) is 8.19. The van der Waals surface area contributed by atoms with Gasteiger partial charge in [0.15, 0.2) is 0 Å². The first-order chi connectivity index (χ1) is 13.1. The SMILES string of the molecule is Cc1c(F)cc(C(=O)NCc2ccc(COCC(F)(F)F)cc2)cc1[N+](=O)[O-]. The van der Waals surface area contributed by atoms with Crippen LogP contribution >= 0.6 is 0 Å². The molecule has 0 saturated carbocycles. The standard InChI is InChI=1S/C18H16F4N2O4/c1-11-15(19)6-14(7-16(11)24(26)27)17(25)23-8-12-2-4-13(5-3-12)9-28-10-18(20,21)22/h2-7H,8-10H2,1H3,(H,23,25). The van der Waals surface area contributed by atoms with Crippen LogP contribution in [0.3, 0.4) is 0 Å². The number of benzene rings is 2. The predicted octanol–water partition coefficient (Wildman–Crippen LogP) is 4.05. The van der Waals surface area contributed by atoms with Crippen LogP contribution in [0.25, 0.3) is 0 Å². The highest BCUT2D eigenvalue weighted by molar-refractivity contribution is 5.95. The summed E-state index contributed by atoms with van der Waals surface area (Å²) >= 11 is 0. The lowest BCUT2D eigenvalue weighted by Gasteiger charge is -2.09. The number of rotatable bonds is 7. The third-order valence-electron chi connectivity index (χ3n) is 3.79. The van der Waals surface area contributed by atoms with Crippen LogP contribution in [0.15, 0.2) is 36.4 Å². The van der Waals surface area contributed by atoms with E-state index in [1.807, 2.05) is 0 Å². The monoisotopic (exact) mass is 400 g/mol. The third-order valence-corrected chi connectivity index (χ3v) is 3.79. The van der Waals surface area contributed by atoms with Crippen LogP contribution < -0.4 is 5.32 Å². The molecule has 28 heavy (non-hydrogen) atoms. The van der Waals surface area contributed by atoms with E-state index in [2.05, 4.69) is 10.1 Å². The number of hydrogen-bond donors (Lipinski definition) is 1. The van der Waals surface area contributed by atoms with Crippen LogP contribution in [-0.2, 0) is 17.9 Å². The lowest BCUT2D eigenvalue weighted by atomic mass is 10.1. The van der Waals surface area contributed by atoms with Gasteiger partial charge >= 0.3 is 6.18 Å². The molecule has 1 N–H and O–H groups in total. The van der Waals surface area contributed by atoms with Crippen LogP contribution in [0.5, 0.6) is 0 Å². The maximum Gasteiger partial charge on any atom is 0.411 e. The van der Waals surface area contributed by atoms with Crippen molar-refractivity contribution in [3.05, 3.63) is 74.6 Å². The molecular weight excluding hydrogens is 384 g/mol. The number of hydrogen-bond acceptors (Lipinski definition) is 4. The van der Waals surface area contributed by atoms with E-state index in [0.29, 0.717) is 11.1 Å². The topological polar surface area (TPSA) is 81.5 Å². The minimum atomic E-state index is -4.39. The fraction of sp³-hybridized carbons (Fsp3) is 0.278. The molecular formula is C18H16F4N2O4. The second-order valence-corrected chi connectivity index (χ2v) is 5.97. The van der Waals surface area contributed by atoms with Gasteiger partial charge in [-0.05, 0) is 24.1 Å². The lowest BCUT2D eigenvalue weighted by Crippen LogP contribution is -2.23. The average Bonchev–Trinajstić information content (AvgIpc) is 2.61. The molecule has 6 nitrogen and oxygen atoms in total. The van der Waals surface area contributed by atoms with Crippen molar-refractivity contribution in [3.8, 4) is 0 Å². The number of amides is 1. The second kappa shape index (κ2) is 8.79. The molecule has 0 aliphatic heterocycles. The summed E-state index contributed by atoms with van der Waals surface area (Å²) in [5, 5.41) is 13.4. The number of alkyl halides is 3. The molecule has 2 aromatic carbocycles. The van der Waals surface area contributed by atoms with Gasteiger partial charge in [-0.3, -0.25) is 14.9 Å². The van der Waals surface area contributed by atoms with E-state index in [1.165, 1.54) is 6.92 Å². The van der Waals surface area contributed by atoms with E-state index in [-0.39, 0.29) is 24.3 Å². The Bertz CT molecular complexity index is 867. The molecule has 0 fully saturated rings. The van der Waals surface area contributed by atoms with Crippen LogP contribution in [0.1, 0.15) is 27.0 Å². The summed E-state index contributed by atoms with van der Waals surface area (Å²) in [6.07, 6.45) is -4.39. The highest BCUT2D eigenvalue weighted by Gasteiger charge is 2.27. The number of nitro benzene ring substituents is 1. The van der Waals surface area contributed by atoms with Gasteiger partial charge in [0.1, 0.15) is 12.4 Å². The molecule has 0 aliphatic rings. The Morgan fingerprint density at radius 1 is 1.18 bits per heavy atom. The van der Waals surface area contributed by atoms with Crippen molar-refractivity contribution >= 4 is 11.6 Å². The highest BCUT2D eigenvalue weighted by atomic mass is 19.4. The largest absolute Gasteiger partial charge is 0.411 e. The zero-order chi connectivity index (χ0) is 20.9. The Morgan fingerprint density at radius 2 is 1.79 bits per heavy atom. The molecule has 0 bridgehead atoms. The molecule has 0 unspecified atom stereocenters. The van der Waals surface area contributed by atoms with Gasteiger partial charge in [0, 0.05) is 18.2 Å².